The lowest BCUT2D eigenvalue weighted by Crippen LogP contribution is -2.54. The van der Waals surface area contributed by atoms with E-state index in [4.69, 9.17) is 4.74 Å². The summed E-state index contributed by atoms with van der Waals surface area (Å²) in [6, 6.07) is 0. The topological polar surface area (TPSA) is 54.5 Å². The second-order valence-corrected chi connectivity index (χ2v) is 4.71. The van der Waals surface area contributed by atoms with Crippen LogP contribution in [0.2, 0.25) is 0 Å². The highest BCUT2D eigenvalue weighted by molar-refractivity contribution is 7.13. The number of likely N-dealkylation sites (tertiary alicyclic amines) is 1. The Bertz CT molecular complexity index is 388. The largest absolute Gasteiger partial charge is 0.375 e. The number of carbonyl (C=O) groups excluding carboxylic acids is 1. The maximum atomic E-state index is 12.0. The Morgan fingerprint density at radius 3 is 3.06 bits per heavy atom. The molecule has 1 fully saturated rings. The van der Waals surface area contributed by atoms with E-state index in [1.807, 2.05) is 13.8 Å². The number of carbonyl (C=O) groups is 1. The fourth-order valence-corrected chi connectivity index (χ4v) is 2.47. The lowest BCUT2D eigenvalue weighted by atomic mass is 10.1. The second-order valence-electron chi connectivity index (χ2n) is 3.86. The molecule has 0 bridgehead atoms. The van der Waals surface area contributed by atoms with Crippen LogP contribution in [0.1, 0.15) is 24.3 Å². The van der Waals surface area contributed by atoms with Crippen LogP contribution >= 0.6 is 11.3 Å². The van der Waals surface area contributed by atoms with Crippen LogP contribution in [0.4, 0.5) is 5.13 Å². The van der Waals surface area contributed by atoms with Crippen LogP contribution in [0.25, 0.3) is 0 Å². The van der Waals surface area contributed by atoms with Crippen molar-refractivity contribution in [3.8, 4) is 0 Å². The Kier molecular flexibility index (Phi) is 3.96. The third-order valence-corrected chi connectivity index (χ3v) is 3.39. The van der Waals surface area contributed by atoms with Gasteiger partial charge in [0.15, 0.2) is 5.13 Å². The van der Waals surface area contributed by atoms with Crippen LogP contribution in [-0.4, -0.2) is 48.1 Å². The van der Waals surface area contributed by atoms with Gasteiger partial charge in [0.2, 0.25) is 0 Å². The zero-order valence-electron chi connectivity index (χ0n) is 10.1. The second kappa shape index (κ2) is 5.46. The van der Waals surface area contributed by atoms with Crippen molar-refractivity contribution in [2.45, 2.75) is 20.0 Å². The number of amides is 1. The van der Waals surface area contributed by atoms with Crippen molar-refractivity contribution in [2.24, 2.45) is 0 Å². The Hall–Kier alpha value is -1.14. The number of aromatic nitrogens is 1. The molecule has 0 unspecified atom stereocenters. The van der Waals surface area contributed by atoms with Gasteiger partial charge in [-0.2, -0.15) is 0 Å². The first-order chi connectivity index (χ1) is 8.24. The smallest absolute Gasteiger partial charge is 0.273 e. The summed E-state index contributed by atoms with van der Waals surface area (Å²) >= 11 is 1.46. The van der Waals surface area contributed by atoms with Gasteiger partial charge in [-0.3, -0.25) is 4.79 Å². The van der Waals surface area contributed by atoms with Crippen molar-refractivity contribution in [1.82, 2.24) is 9.88 Å². The van der Waals surface area contributed by atoms with Gasteiger partial charge >= 0.3 is 0 Å². The van der Waals surface area contributed by atoms with Gasteiger partial charge in [-0.15, -0.1) is 11.3 Å². The molecule has 1 saturated heterocycles. The number of hydrogen-bond acceptors (Lipinski definition) is 5. The average Bonchev–Trinajstić information content (AvgIpc) is 2.71. The van der Waals surface area contributed by atoms with Gasteiger partial charge in [0.25, 0.3) is 5.91 Å². The molecule has 0 spiro atoms. The number of thiazole rings is 1. The van der Waals surface area contributed by atoms with Crippen LogP contribution in [0, 0.1) is 0 Å². The van der Waals surface area contributed by atoms with Crippen LogP contribution < -0.4 is 5.32 Å². The molecule has 2 rings (SSSR count). The van der Waals surface area contributed by atoms with Crippen molar-refractivity contribution >= 4 is 22.4 Å². The number of anilines is 1. The van der Waals surface area contributed by atoms with Gasteiger partial charge in [0.1, 0.15) is 5.69 Å². The molecule has 1 aliphatic rings. The van der Waals surface area contributed by atoms with E-state index in [1.165, 1.54) is 11.3 Å². The maximum Gasteiger partial charge on any atom is 0.273 e. The minimum atomic E-state index is 0.00126. The van der Waals surface area contributed by atoms with Crippen molar-refractivity contribution in [3.05, 3.63) is 11.1 Å². The lowest BCUT2D eigenvalue weighted by Gasteiger charge is -2.38. The zero-order chi connectivity index (χ0) is 12.3. The van der Waals surface area contributed by atoms with Crippen LogP contribution in [0.3, 0.4) is 0 Å². The third-order valence-electron chi connectivity index (χ3n) is 2.59. The number of rotatable bonds is 5. The average molecular weight is 255 g/mol. The molecule has 1 N–H and O–H groups in total. The van der Waals surface area contributed by atoms with E-state index >= 15 is 0 Å². The Morgan fingerprint density at radius 2 is 2.41 bits per heavy atom. The summed E-state index contributed by atoms with van der Waals surface area (Å²) in [7, 11) is 0. The van der Waals surface area contributed by atoms with E-state index in [-0.39, 0.29) is 12.0 Å². The molecular weight excluding hydrogens is 238 g/mol. The molecule has 5 nitrogen and oxygen atoms in total. The third kappa shape index (κ3) is 2.76. The van der Waals surface area contributed by atoms with Crippen molar-refractivity contribution in [2.75, 3.05) is 31.6 Å². The minimum absolute atomic E-state index is 0.00126. The summed E-state index contributed by atoms with van der Waals surface area (Å²) in [6.45, 7) is 6.85. The SMILES string of the molecule is CCNc1nc(C(=O)N2CC(OCC)C2)cs1. The van der Waals surface area contributed by atoms with Crippen LogP contribution in [0.15, 0.2) is 5.38 Å². The first-order valence-corrected chi connectivity index (χ1v) is 6.72. The standard InChI is InChI=1S/C11H17N3O2S/c1-3-12-11-13-9(7-17-11)10(15)14-5-8(6-14)16-4-2/h7-8H,3-6H2,1-2H3,(H,12,13). The van der Waals surface area contributed by atoms with E-state index in [0.717, 1.165) is 11.7 Å². The highest BCUT2D eigenvalue weighted by atomic mass is 32.1. The predicted octanol–water partition coefficient (Wildman–Crippen LogP) is 1.44. The normalized spacial score (nSPS) is 15.8. The first kappa shape index (κ1) is 12.3. The van der Waals surface area contributed by atoms with E-state index in [0.29, 0.717) is 25.4 Å². The molecule has 1 amide bonds. The predicted molar refractivity (Wildman–Crippen MR) is 67.6 cm³/mol. The summed E-state index contributed by atoms with van der Waals surface area (Å²) < 4.78 is 5.41. The molecule has 0 aromatic carbocycles. The van der Waals surface area contributed by atoms with Gasteiger partial charge in [-0.05, 0) is 13.8 Å². The van der Waals surface area contributed by atoms with E-state index in [1.54, 1.807) is 10.3 Å². The summed E-state index contributed by atoms with van der Waals surface area (Å²) in [5.41, 5.74) is 0.529. The van der Waals surface area contributed by atoms with Gasteiger partial charge in [0, 0.05) is 31.6 Å². The fraction of sp³-hybridized carbons (Fsp3) is 0.636. The van der Waals surface area contributed by atoms with E-state index in [9.17, 15) is 4.79 Å². The number of nitrogens with zero attached hydrogens (tertiary/aromatic N) is 2. The molecule has 94 valence electrons. The molecule has 1 aliphatic heterocycles. The molecule has 0 radical (unpaired) electrons. The monoisotopic (exact) mass is 255 g/mol. The van der Waals surface area contributed by atoms with Crippen molar-refractivity contribution in [3.63, 3.8) is 0 Å². The molecule has 0 atom stereocenters. The quantitative estimate of drug-likeness (QED) is 0.865. The van der Waals surface area contributed by atoms with Crippen LogP contribution in [-0.2, 0) is 4.74 Å². The van der Waals surface area contributed by atoms with Crippen molar-refractivity contribution in [1.29, 1.82) is 0 Å². The summed E-state index contributed by atoms with van der Waals surface area (Å²) in [4.78, 5) is 18.0. The van der Waals surface area contributed by atoms with Gasteiger partial charge < -0.3 is 15.0 Å². The number of ether oxygens (including phenoxy) is 1. The lowest BCUT2D eigenvalue weighted by molar-refractivity contribution is -0.0379. The van der Waals surface area contributed by atoms with Crippen LogP contribution in [0.5, 0.6) is 0 Å². The zero-order valence-corrected chi connectivity index (χ0v) is 10.9. The summed E-state index contributed by atoms with van der Waals surface area (Å²) in [6.07, 6.45) is 0.204. The maximum absolute atomic E-state index is 12.0. The number of hydrogen-bond donors (Lipinski definition) is 1. The number of nitrogens with one attached hydrogen (secondary N) is 1. The molecular formula is C11H17N3O2S. The fourth-order valence-electron chi connectivity index (χ4n) is 1.71. The summed E-state index contributed by atoms with van der Waals surface area (Å²) in [5.74, 6) is 0.00126. The molecule has 0 saturated carbocycles. The molecule has 1 aromatic rings. The van der Waals surface area contributed by atoms with Gasteiger partial charge in [0.05, 0.1) is 6.10 Å². The molecule has 1 aromatic heterocycles. The highest BCUT2D eigenvalue weighted by Gasteiger charge is 2.32. The first-order valence-electron chi connectivity index (χ1n) is 5.84. The molecule has 6 heteroatoms. The van der Waals surface area contributed by atoms with Crippen molar-refractivity contribution < 1.29 is 9.53 Å². The van der Waals surface area contributed by atoms with Gasteiger partial charge in [-0.25, -0.2) is 4.98 Å². The molecule has 0 aliphatic carbocycles. The Labute approximate surface area is 105 Å². The Balaban J connectivity index is 1.88. The van der Waals surface area contributed by atoms with Gasteiger partial charge in [-0.1, -0.05) is 0 Å². The minimum Gasteiger partial charge on any atom is -0.375 e. The Morgan fingerprint density at radius 1 is 1.65 bits per heavy atom. The van der Waals surface area contributed by atoms with E-state index in [2.05, 4.69) is 10.3 Å². The molecule has 2 heterocycles. The summed E-state index contributed by atoms with van der Waals surface area (Å²) in [5, 5.41) is 5.70. The molecule has 17 heavy (non-hydrogen) atoms. The highest BCUT2D eigenvalue weighted by Crippen LogP contribution is 2.20. The van der Waals surface area contributed by atoms with E-state index < -0.39 is 0 Å².